The fourth-order valence-corrected chi connectivity index (χ4v) is 4.17. The Morgan fingerprint density at radius 1 is 0.833 bits per heavy atom. The van der Waals surface area contributed by atoms with Crippen molar-refractivity contribution in [1.29, 1.82) is 0 Å². The molecule has 0 saturated heterocycles. The molecule has 0 spiro atoms. The Bertz CT molecular complexity index is 763. The Morgan fingerprint density at radius 2 is 1.29 bits per heavy atom. The first kappa shape index (κ1) is 17.8. The Kier molecular flexibility index (Phi) is 5.22. The number of allylic oxidation sites excluding steroid dienone is 1. The molecule has 24 heavy (non-hydrogen) atoms. The SMILES string of the molecule is CC1=CC(C)N(c2c(Cl)cccc2Cl)CN1c1c(Cl)cccc1Cl. The minimum absolute atomic E-state index is 0.139. The molecule has 126 valence electrons. The van der Waals surface area contributed by atoms with E-state index in [0.717, 1.165) is 17.1 Å². The monoisotopic (exact) mass is 400 g/mol. The number of hydrogen-bond donors (Lipinski definition) is 0. The van der Waals surface area contributed by atoms with Gasteiger partial charge in [-0.15, -0.1) is 0 Å². The van der Waals surface area contributed by atoms with E-state index in [1.165, 1.54) is 0 Å². The number of halogens is 4. The van der Waals surface area contributed by atoms with Gasteiger partial charge < -0.3 is 9.80 Å². The van der Waals surface area contributed by atoms with Crippen LogP contribution in [0.2, 0.25) is 20.1 Å². The van der Waals surface area contributed by atoms with E-state index in [-0.39, 0.29) is 6.04 Å². The second-order valence-corrected chi connectivity index (χ2v) is 7.36. The van der Waals surface area contributed by atoms with Gasteiger partial charge >= 0.3 is 0 Å². The van der Waals surface area contributed by atoms with Gasteiger partial charge in [0.05, 0.1) is 38.1 Å². The molecule has 0 bridgehead atoms. The maximum absolute atomic E-state index is 6.40. The van der Waals surface area contributed by atoms with Crippen molar-refractivity contribution in [2.24, 2.45) is 0 Å². The van der Waals surface area contributed by atoms with Crippen molar-refractivity contribution in [3.05, 3.63) is 68.3 Å². The highest BCUT2D eigenvalue weighted by atomic mass is 35.5. The molecular formula is C18H16Cl4N2. The standard InChI is InChI=1S/C18H16Cl4N2/c1-11-9-12(2)24(18-15(21)7-4-8-16(18)22)10-23(11)17-13(19)5-3-6-14(17)20/h3-9,11H,10H2,1-2H3. The predicted octanol–water partition coefficient (Wildman–Crippen LogP) is 6.88. The van der Waals surface area contributed by atoms with Crippen molar-refractivity contribution in [3.8, 4) is 0 Å². The summed E-state index contributed by atoms with van der Waals surface area (Å²) in [4.78, 5) is 4.21. The first-order valence-electron chi connectivity index (χ1n) is 7.50. The Morgan fingerprint density at radius 3 is 1.79 bits per heavy atom. The predicted molar refractivity (Wildman–Crippen MR) is 106 cm³/mol. The largest absolute Gasteiger partial charge is 0.345 e. The van der Waals surface area contributed by atoms with Crippen LogP contribution in [0.1, 0.15) is 13.8 Å². The van der Waals surface area contributed by atoms with E-state index in [1.807, 2.05) is 43.3 Å². The fraction of sp³-hybridized carbons (Fsp3) is 0.222. The van der Waals surface area contributed by atoms with Crippen molar-refractivity contribution in [2.75, 3.05) is 16.5 Å². The summed E-state index contributed by atoms with van der Waals surface area (Å²) in [5, 5.41) is 2.45. The summed E-state index contributed by atoms with van der Waals surface area (Å²) in [6, 6.07) is 11.2. The Hall–Kier alpha value is -1.06. The van der Waals surface area contributed by atoms with Gasteiger partial charge in [0.25, 0.3) is 0 Å². The molecule has 1 aliphatic heterocycles. The highest BCUT2D eigenvalue weighted by molar-refractivity contribution is 6.40. The van der Waals surface area contributed by atoms with Crippen molar-refractivity contribution in [1.82, 2.24) is 0 Å². The molecule has 0 aliphatic carbocycles. The van der Waals surface area contributed by atoms with E-state index in [1.54, 1.807) is 0 Å². The highest BCUT2D eigenvalue weighted by Crippen LogP contribution is 2.41. The van der Waals surface area contributed by atoms with Crippen molar-refractivity contribution in [2.45, 2.75) is 19.9 Å². The number of anilines is 2. The van der Waals surface area contributed by atoms with Crippen LogP contribution in [0.25, 0.3) is 0 Å². The summed E-state index contributed by atoms with van der Waals surface area (Å²) < 4.78 is 0. The fourth-order valence-electron chi connectivity index (χ4n) is 2.95. The highest BCUT2D eigenvalue weighted by Gasteiger charge is 2.28. The van der Waals surface area contributed by atoms with Crippen molar-refractivity contribution < 1.29 is 0 Å². The lowest BCUT2D eigenvalue weighted by Gasteiger charge is -2.42. The number of hydrogen-bond acceptors (Lipinski definition) is 2. The van der Waals surface area contributed by atoms with Crippen LogP contribution in [0.15, 0.2) is 48.2 Å². The maximum atomic E-state index is 6.40. The Labute approximate surface area is 162 Å². The van der Waals surface area contributed by atoms with E-state index < -0.39 is 0 Å². The average molecular weight is 402 g/mol. The van der Waals surface area contributed by atoms with Crippen LogP contribution in [0.3, 0.4) is 0 Å². The molecule has 0 N–H and O–H groups in total. The zero-order chi connectivity index (χ0) is 17.4. The van der Waals surface area contributed by atoms with E-state index in [0.29, 0.717) is 26.8 Å². The van der Waals surface area contributed by atoms with Gasteiger partial charge in [0.15, 0.2) is 0 Å². The van der Waals surface area contributed by atoms with Crippen LogP contribution in [-0.2, 0) is 0 Å². The molecule has 6 heteroatoms. The van der Waals surface area contributed by atoms with Gasteiger partial charge in [-0.2, -0.15) is 0 Å². The molecule has 1 unspecified atom stereocenters. The third-order valence-electron chi connectivity index (χ3n) is 4.13. The molecule has 0 saturated carbocycles. The lowest BCUT2D eigenvalue weighted by molar-refractivity contribution is 0.678. The van der Waals surface area contributed by atoms with Crippen LogP contribution >= 0.6 is 46.4 Å². The van der Waals surface area contributed by atoms with Gasteiger partial charge in [0, 0.05) is 11.7 Å². The zero-order valence-electron chi connectivity index (χ0n) is 13.2. The van der Waals surface area contributed by atoms with Crippen molar-refractivity contribution in [3.63, 3.8) is 0 Å². The van der Waals surface area contributed by atoms with E-state index in [2.05, 4.69) is 22.8 Å². The van der Waals surface area contributed by atoms with Gasteiger partial charge in [-0.3, -0.25) is 0 Å². The summed E-state index contributed by atoms with van der Waals surface area (Å²) in [6.45, 7) is 4.70. The molecule has 2 aromatic rings. The summed E-state index contributed by atoms with van der Waals surface area (Å²) >= 11 is 25.6. The second kappa shape index (κ2) is 7.05. The molecule has 2 nitrogen and oxygen atoms in total. The minimum Gasteiger partial charge on any atom is -0.345 e. The quantitative estimate of drug-likeness (QED) is 0.541. The number of benzene rings is 2. The smallest absolute Gasteiger partial charge is 0.0955 e. The normalized spacial score (nSPS) is 17.9. The molecule has 2 aromatic carbocycles. The third-order valence-corrected chi connectivity index (χ3v) is 5.35. The molecule has 1 heterocycles. The minimum atomic E-state index is 0.139. The van der Waals surface area contributed by atoms with E-state index >= 15 is 0 Å². The number of rotatable bonds is 2. The first-order valence-corrected chi connectivity index (χ1v) is 9.02. The summed E-state index contributed by atoms with van der Waals surface area (Å²) in [5.41, 5.74) is 2.68. The number of para-hydroxylation sites is 2. The Balaban J connectivity index is 2.08. The average Bonchev–Trinajstić information content (AvgIpc) is 2.50. The summed E-state index contributed by atoms with van der Waals surface area (Å²) in [7, 11) is 0. The van der Waals surface area contributed by atoms with Crippen molar-refractivity contribution >= 4 is 57.8 Å². The molecule has 0 radical (unpaired) electrons. The molecule has 0 fully saturated rings. The zero-order valence-corrected chi connectivity index (χ0v) is 16.3. The van der Waals surface area contributed by atoms with Gasteiger partial charge in [-0.05, 0) is 44.2 Å². The topological polar surface area (TPSA) is 6.48 Å². The molecule has 0 amide bonds. The third kappa shape index (κ3) is 3.21. The molecule has 1 atom stereocenters. The molecule has 3 rings (SSSR count). The van der Waals surface area contributed by atoms with Crippen LogP contribution < -0.4 is 9.80 Å². The molecule has 0 aromatic heterocycles. The van der Waals surface area contributed by atoms with Crippen LogP contribution in [0.4, 0.5) is 11.4 Å². The van der Waals surface area contributed by atoms with E-state index in [9.17, 15) is 0 Å². The number of nitrogens with zero attached hydrogens (tertiary/aromatic N) is 2. The summed E-state index contributed by atoms with van der Waals surface area (Å²) in [6.07, 6.45) is 2.14. The van der Waals surface area contributed by atoms with E-state index in [4.69, 9.17) is 46.4 Å². The van der Waals surface area contributed by atoms with Crippen LogP contribution in [0.5, 0.6) is 0 Å². The van der Waals surface area contributed by atoms with Gasteiger partial charge in [0.2, 0.25) is 0 Å². The molecular weight excluding hydrogens is 386 g/mol. The second-order valence-electron chi connectivity index (χ2n) is 5.73. The van der Waals surface area contributed by atoms with Gasteiger partial charge in [0.1, 0.15) is 0 Å². The van der Waals surface area contributed by atoms with Gasteiger partial charge in [-0.25, -0.2) is 0 Å². The molecule has 1 aliphatic rings. The van der Waals surface area contributed by atoms with Gasteiger partial charge in [-0.1, -0.05) is 58.5 Å². The lowest BCUT2D eigenvalue weighted by atomic mass is 10.1. The van der Waals surface area contributed by atoms with Crippen LogP contribution in [-0.4, -0.2) is 12.7 Å². The lowest BCUT2D eigenvalue weighted by Crippen LogP contribution is -2.46. The van der Waals surface area contributed by atoms with Crippen LogP contribution in [0, 0.1) is 0 Å². The summed E-state index contributed by atoms with van der Waals surface area (Å²) in [5.74, 6) is 0. The first-order chi connectivity index (χ1) is 11.4. The maximum Gasteiger partial charge on any atom is 0.0955 e.